The quantitative estimate of drug-likeness (QED) is 0.632. The van der Waals surface area contributed by atoms with Crippen LogP contribution in [0.15, 0.2) is 49.2 Å². The Hall–Kier alpha value is -1.13. The Morgan fingerprint density at radius 2 is 2.21 bits per heavy atom. The van der Waals surface area contributed by atoms with Gasteiger partial charge in [0, 0.05) is 23.9 Å². The van der Waals surface area contributed by atoms with E-state index in [0.29, 0.717) is 12.3 Å². The first-order valence-electron chi connectivity index (χ1n) is 5.78. The zero-order valence-electron chi connectivity index (χ0n) is 10.3. The third kappa shape index (κ3) is 3.91. The minimum Gasteiger partial charge on any atom is -0.326 e. The average molecular weight is 294 g/mol. The van der Waals surface area contributed by atoms with Crippen molar-refractivity contribution in [2.24, 2.45) is 0 Å². The van der Waals surface area contributed by atoms with Crippen molar-refractivity contribution in [3.63, 3.8) is 0 Å². The van der Waals surface area contributed by atoms with Crippen LogP contribution in [0.3, 0.4) is 0 Å². The van der Waals surface area contributed by atoms with Crippen LogP contribution < -0.4 is 5.09 Å². The molecule has 0 fully saturated rings. The summed E-state index contributed by atoms with van der Waals surface area (Å²) in [7, 11) is 0. The molecule has 0 aliphatic carbocycles. The molecule has 0 amide bonds. The van der Waals surface area contributed by atoms with E-state index in [1.165, 1.54) is 0 Å². The smallest absolute Gasteiger partial charge is 0.324 e. The maximum absolute atomic E-state index is 11.8. The Labute approximate surface area is 116 Å². The minimum absolute atomic E-state index is 0.314. The Morgan fingerprint density at radius 1 is 1.42 bits per heavy atom. The van der Waals surface area contributed by atoms with Gasteiger partial charge in [-0.15, -0.1) is 6.58 Å². The lowest BCUT2D eigenvalue weighted by atomic mass is 10.1. The van der Waals surface area contributed by atoms with Gasteiger partial charge in [0.25, 0.3) is 0 Å². The molecule has 2 rings (SSSR count). The van der Waals surface area contributed by atoms with Crippen LogP contribution in [0.4, 0.5) is 0 Å². The Morgan fingerprint density at radius 3 is 3.00 bits per heavy atom. The lowest BCUT2D eigenvalue weighted by Gasteiger charge is -2.11. The summed E-state index contributed by atoms with van der Waals surface area (Å²) >= 11 is 0.999. The molecule has 4 nitrogen and oxygen atoms in total. The van der Waals surface area contributed by atoms with Gasteiger partial charge in [0.15, 0.2) is 0 Å². The Balaban J connectivity index is 2.14. The molecule has 19 heavy (non-hydrogen) atoms. The van der Waals surface area contributed by atoms with Gasteiger partial charge in [-0.2, -0.15) is 0 Å². The number of pyridine rings is 1. The van der Waals surface area contributed by atoms with Crippen LogP contribution in [0.5, 0.6) is 0 Å². The first-order chi connectivity index (χ1) is 9.12. The number of hydrogen-bond donors (Lipinski definition) is 2. The Bertz CT molecular complexity index is 628. The second kappa shape index (κ2) is 6.35. The van der Waals surface area contributed by atoms with Gasteiger partial charge < -0.3 is 4.89 Å². The highest BCUT2D eigenvalue weighted by atomic mass is 32.7. The van der Waals surface area contributed by atoms with Crippen LogP contribution in [0, 0.1) is 0 Å². The van der Waals surface area contributed by atoms with E-state index in [-0.39, 0.29) is 0 Å². The standard InChI is InChI=1S/C13H15N2O2PS/c1-2-8-15-18(16,17)19-10-12-6-3-5-11-7-4-9-14-13(11)12/h2-7,9H,1,8,10H2,(H2,15,16,17). The molecule has 100 valence electrons. The second-order valence-corrected chi connectivity index (χ2v) is 8.10. The van der Waals surface area contributed by atoms with Gasteiger partial charge in [0.2, 0.25) is 0 Å². The molecule has 6 heteroatoms. The molecule has 1 atom stereocenters. The molecular weight excluding hydrogens is 279 g/mol. The molecule has 1 heterocycles. The zero-order valence-corrected chi connectivity index (χ0v) is 12.0. The first-order valence-corrected chi connectivity index (χ1v) is 9.03. The van der Waals surface area contributed by atoms with Crippen LogP contribution in [-0.2, 0) is 10.3 Å². The number of nitrogens with zero attached hydrogens (tertiary/aromatic N) is 1. The SMILES string of the molecule is C=CCNP(=O)(O)SCc1cccc2cccnc12. The van der Waals surface area contributed by atoms with Gasteiger partial charge in [-0.05, 0) is 23.0 Å². The number of fused-ring (bicyclic) bond motifs is 1. The van der Waals surface area contributed by atoms with E-state index in [1.807, 2.05) is 30.3 Å². The number of nitrogens with one attached hydrogen (secondary N) is 1. The van der Waals surface area contributed by atoms with Crippen molar-refractivity contribution in [3.8, 4) is 0 Å². The number of benzene rings is 1. The van der Waals surface area contributed by atoms with E-state index >= 15 is 0 Å². The van der Waals surface area contributed by atoms with Gasteiger partial charge in [-0.25, -0.2) is 5.09 Å². The fourth-order valence-electron chi connectivity index (χ4n) is 1.67. The summed E-state index contributed by atoms with van der Waals surface area (Å²) in [4.78, 5) is 14.0. The normalized spacial score (nSPS) is 14.2. The van der Waals surface area contributed by atoms with Gasteiger partial charge in [-0.3, -0.25) is 9.55 Å². The number of para-hydroxylation sites is 1. The summed E-state index contributed by atoms with van der Waals surface area (Å²) in [6, 6.07) is 9.69. The highest BCUT2D eigenvalue weighted by Gasteiger charge is 2.18. The molecule has 2 aromatic rings. The van der Waals surface area contributed by atoms with E-state index in [4.69, 9.17) is 0 Å². The van der Waals surface area contributed by atoms with Crippen molar-refractivity contribution < 1.29 is 9.46 Å². The number of aromatic nitrogens is 1. The number of hydrogen-bond acceptors (Lipinski definition) is 3. The van der Waals surface area contributed by atoms with Gasteiger partial charge in [-0.1, -0.05) is 30.3 Å². The average Bonchev–Trinajstić information content (AvgIpc) is 2.43. The van der Waals surface area contributed by atoms with Crippen LogP contribution in [0.2, 0.25) is 0 Å². The lowest BCUT2D eigenvalue weighted by molar-refractivity contribution is 0.486. The molecule has 0 aliphatic rings. The summed E-state index contributed by atoms with van der Waals surface area (Å²) in [5.74, 6) is 0.437. The van der Waals surface area contributed by atoms with E-state index in [1.54, 1.807) is 12.3 Å². The van der Waals surface area contributed by atoms with E-state index < -0.39 is 6.72 Å². The van der Waals surface area contributed by atoms with Gasteiger partial charge in [0.05, 0.1) is 5.52 Å². The highest BCUT2D eigenvalue weighted by molar-refractivity contribution is 8.55. The predicted octanol–water partition coefficient (Wildman–Crippen LogP) is 3.34. The van der Waals surface area contributed by atoms with Crippen LogP contribution in [0.25, 0.3) is 10.9 Å². The molecule has 2 N–H and O–H groups in total. The topological polar surface area (TPSA) is 62.2 Å². The van der Waals surface area contributed by atoms with Gasteiger partial charge in [0.1, 0.15) is 0 Å². The van der Waals surface area contributed by atoms with Crippen LogP contribution >= 0.6 is 18.1 Å². The first kappa shape index (κ1) is 14.3. The molecule has 0 radical (unpaired) electrons. The third-order valence-corrected chi connectivity index (χ3v) is 5.74. The van der Waals surface area contributed by atoms with Crippen molar-refractivity contribution >= 4 is 29.0 Å². The highest BCUT2D eigenvalue weighted by Crippen LogP contribution is 2.52. The molecule has 0 aliphatic heterocycles. The van der Waals surface area contributed by atoms with Crippen molar-refractivity contribution in [1.82, 2.24) is 10.1 Å². The number of rotatable bonds is 6. The second-order valence-electron chi connectivity index (χ2n) is 3.94. The fourth-order valence-corrected chi connectivity index (χ4v) is 4.10. The van der Waals surface area contributed by atoms with E-state index in [9.17, 15) is 9.46 Å². The largest absolute Gasteiger partial charge is 0.326 e. The molecular formula is C13H15N2O2PS. The third-order valence-electron chi connectivity index (χ3n) is 2.55. The zero-order chi connectivity index (χ0) is 13.7. The predicted molar refractivity (Wildman–Crippen MR) is 81.1 cm³/mol. The molecule has 1 aromatic carbocycles. The van der Waals surface area contributed by atoms with Crippen molar-refractivity contribution in [3.05, 3.63) is 54.7 Å². The summed E-state index contributed by atoms with van der Waals surface area (Å²) in [6.45, 7) is 0.438. The Kier molecular flexibility index (Phi) is 4.77. The van der Waals surface area contributed by atoms with Crippen molar-refractivity contribution in [1.29, 1.82) is 0 Å². The van der Waals surface area contributed by atoms with Gasteiger partial charge >= 0.3 is 6.72 Å². The fraction of sp³-hybridized carbons (Fsp3) is 0.154. The minimum atomic E-state index is -3.38. The summed E-state index contributed by atoms with van der Waals surface area (Å²) in [5, 5.41) is 3.60. The monoisotopic (exact) mass is 294 g/mol. The van der Waals surface area contributed by atoms with Crippen LogP contribution in [-0.4, -0.2) is 16.4 Å². The molecule has 1 aromatic heterocycles. The van der Waals surface area contributed by atoms with Crippen molar-refractivity contribution in [2.45, 2.75) is 5.75 Å². The molecule has 0 bridgehead atoms. The van der Waals surface area contributed by atoms with E-state index in [2.05, 4.69) is 16.7 Å². The maximum Gasteiger partial charge on any atom is 0.324 e. The molecule has 1 unspecified atom stereocenters. The molecule has 0 saturated heterocycles. The van der Waals surface area contributed by atoms with Crippen LogP contribution in [0.1, 0.15) is 5.56 Å². The maximum atomic E-state index is 11.8. The molecule has 0 spiro atoms. The summed E-state index contributed by atoms with van der Waals surface area (Å²) < 4.78 is 11.8. The summed E-state index contributed by atoms with van der Waals surface area (Å²) in [6.07, 6.45) is 3.29. The molecule has 0 saturated carbocycles. The lowest BCUT2D eigenvalue weighted by Crippen LogP contribution is -2.07. The van der Waals surface area contributed by atoms with Crippen molar-refractivity contribution in [2.75, 3.05) is 6.54 Å². The van der Waals surface area contributed by atoms with E-state index in [0.717, 1.165) is 27.8 Å². The summed E-state index contributed by atoms with van der Waals surface area (Å²) in [5.41, 5.74) is 1.83.